The number of aryl methyl sites for hydroxylation is 1. The number of nitrogens with zero attached hydrogens (tertiary/aromatic N) is 2. The van der Waals surface area contributed by atoms with Crippen molar-refractivity contribution in [3.05, 3.63) is 47.3 Å². The molecule has 0 unspecified atom stereocenters. The van der Waals surface area contributed by atoms with Crippen LogP contribution in [-0.2, 0) is 6.54 Å². The van der Waals surface area contributed by atoms with E-state index in [-0.39, 0.29) is 5.69 Å². The van der Waals surface area contributed by atoms with E-state index < -0.39 is 11.6 Å². The van der Waals surface area contributed by atoms with Crippen LogP contribution in [0, 0.1) is 18.6 Å². The second kappa shape index (κ2) is 5.27. The average Bonchev–Trinajstić information content (AvgIpc) is 2.80. The molecule has 0 saturated heterocycles. The molecule has 0 fully saturated rings. The summed E-state index contributed by atoms with van der Waals surface area (Å²) in [5, 5.41) is 7.26. The summed E-state index contributed by atoms with van der Waals surface area (Å²) in [5.41, 5.74) is 1.02. The lowest BCUT2D eigenvalue weighted by Crippen LogP contribution is -2.12. The first-order valence-electron chi connectivity index (χ1n) is 5.83. The van der Waals surface area contributed by atoms with Gasteiger partial charge in [0.05, 0.1) is 5.69 Å². The molecule has 0 saturated carbocycles. The number of hydrogen-bond donors (Lipinski definition) is 1. The fraction of sp³-hybridized carbons (Fsp3) is 0.308. The third-order valence-electron chi connectivity index (χ3n) is 2.69. The molecule has 0 atom stereocenters. The van der Waals surface area contributed by atoms with Gasteiger partial charge in [-0.25, -0.2) is 13.5 Å². The largest absolute Gasteiger partial charge is 0.311 e. The Bertz CT molecular complexity index is 549. The second-order valence-corrected chi connectivity index (χ2v) is 4.06. The monoisotopic (exact) mass is 251 g/mol. The molecule has 18 heavy (non-hydrogen) atoms. The lowest BCUT2D eigenvalue weighted by atomic mass is 10.2. The maximum absolute atomic E-state index is 13.9. The zero-order chi connectivity index (χ0) is 13.1. The Balaban J connectivity index is 2.37. The Labute approximate surface area is 104 Å². The minimum atomic E-state index is -0.615. The lowest BCUT2D eigenvalue weighted by Gasteiger charge is -2.07. The van der Waals surface area contributed by atoms with Crippen molar-refractivity contribution in [2.24, 2.45) is 0 Å². The minimum Gasteiger partial charge on any atom is -0.311 e. The molecular weight excluding hydrogens is 236 g/mol. The fourth-order valence-corrected chi connectivity index (χ4v) is 1.69. The Hall–Kier alpha value is -1.75. The van der Waals surface area contributed by atoms with Gasteiger partial charge in [0.15, 0.2) is 11.6 Å². The predicted molar refractivity (Wildman–Crippen MR) is 65.6 cm³/mol. The van der Waals surface area contributed by atoms with Gasteiger partial charge in [-0.15, -0.1) is 0 Å². The van der Waals surface area contributed by atoms with Gasteiger partial charge in [0.2, 0.25) is 0 Å². The summed E-state index contributed by atoms with van der Waals surface area (Å²) in [4.78, 5) is 0. The van der Waals surface area contributed by atoms with Crippen LogP contribution in [-0.4, -0.2) is 16.3 Å². The third kappa shape index (κ3) is 2.41. The Kier molecular flexibility index (Phi) is 3.72. The van der Waals surface area contributed by atoms with Crippen molar-refractivity contribution in [3.8, 4) is 5.69 Å². The topological polar surface area (TPSA) is 29.9 Å². The van der Waals surface area contributed by atoms with Crippen molar-refractivity contribution in [1.29, 1.82) is 0 Å². The molecule has 2 rings (SSSR count). The fourth-order valence-electron chi connectivity index (χ4n) is 1.69. The molecule has 0 radical (unpaired) electrons. The van der Waals surface area contributed by atoms with Gasteiger partial charge in [0.1, 0.15) is 5.69 Å². The maximum Gasteiger partial charge on any atom is 0.154 e. The summed E-state index contributed by atoms with van der Waals surface area (Å²) in [5.74, 6) is -1.19. The molecule has 0 bridgehead atoms. The van der Waals surface area contributed by atoms with Crippen LogP contribution in [0.5, 0.6) is 0 Å². The number of benzene rings is 1. The molecule has 0 spiro atoms. The first-order chi connectivity index (χ1) is 8.63. The Morgan fingerprint density at radius 2 is 2.06 bits per heavy atom. The SMILES string of the molecule is CCNCc1ccn(-c2c(F)ccc(C)c2F)n1. The zero-order valence-corrected chi connectivity index (χ0v) is 10.4. The molecule has 0 aliphatic carbocycles. The Morgan fingerprint density at radius 3 is 2.78 bits per heavy atom. The highest BCUT2D eigenvalue weighted by Crippen LogP contribution is 2.20. The number of nitrogens with one attached hydrogen (secondary N) is 1. The van der Waals surface area contributed by atoms with Crippen LogP contribution in [0.25, 0.3) is 5.69 Å². The van der Waals surface area contributed by atoms with Gasteiger partial charge in [-0.3, -0.25) is 0 Å². The molecule has 2 aromatic rings. The van der Waals surface area contributed by atoms with Crippen molar-refractivity contribution in [1.82, 2.24) is 15.1 Å². The molecule has 5 heteroatoms. The summed E-state index contributed by atoms with van der Waals surface area (Å²) >= 11 is 0. The molecule has 1 aromatic heterocycles. The number of hydrogen-bond acceptors (Lipinski definition) is 2. The number of aromatic nitrogens is 2. The van der Waals surface area contributed by atoms with Crippen molar-refractivity contribution in [2.75, 3.05) is 6.54 Å². The highest BCUT2D eigenvalue weighted by atomic mass is 19.1. The van der Waals surface area contributed by atoms with Gasteiger partial charge in [0.25, 0.3) is 0 Å². The summed E-state index contributed by atoms with van der Waals surface area (Å²) in [6.45, 7) is 4.98. The van der Waals surface area contributed by atoms with Crippen molar-refractivity contribution < 1.29 is 8.78 Å². The van der Waals surface area contributed by atoms with E-state index in [4.69, 9.17) is 0 Å². The molecule has 0 amide bonds. The van der Waals surface area contributed by atoms with E-state index in [0.717, 1.165) is 12.2 Å². The second-order valence-electron chi connectivity index (χ2n) is 4.06. The van der Waals surface area contributed by atoms with E-state index in [1.54, 1.807) is 19.2 Å². The molecule has 1 aromatic carbocycles. The molecule has 1 N–H and O–H groups in total. The summed E-state index contributed by atoms with van der Waals surface area (Å²) in [7, 11) is 0. The molecule has 1 heterocycles. The van der Waals surface area contributed by atoms with Crippen LogP contribution >= 0.6 is 0 Å². The first-order valence-corrected chi connectivity index (χ1v) is 5.83. The van der Waals surface area contributed by atoms with Crippen LogP contribution in [0.4, 0.5) is 8.78 Å². The number of halogens is 2. The van der Waals surface area contributed by atoms with Crippen molar-refractivity contribution in [2.45, 2.75) is 20.4 Å². The lowest BCUT2D eigenvalue weighted by molar-refractivity contribution is 0.552. The van der Waals surface area contributed by atoms with E-state index in [1.165, 1.54) is 16.8 Å². The van der Waals surface area contributed by atoms with Gasteiger partial charge < -0.3 is 5.32 Å². The molecule has 96 valence electrons. The highest BCUT2D eigenvalue weighted by Gasteiger charge is 2.14. The highest BCUT2D eigenvalue weighted by molar-refractivity contribution is 5.38. The third-order valence-corrected chi connectivity index (χ3v) is 2.69. The normalized spacial score (nSPS) is 10.9. The van der Waals surface area contributed by atoms with E-state index in [9.17, 15) is 8.78 Å². The molecule has 0 aliphatic heterocycles. The quantitative estimate of drug-likeness (QED) is 0.905. The van der Waals surface area contributed by atoms with Crippen molar-refractivity contribution >= 4 is 0 Å². The van der Waals surface area contributed by atoms with Crippen molar-refractivity contribution in [3.63, 3.8) is 0 Å². The van der Waals surface area contributed by atoms with Crippen LogP contribution in [0.2, 0.25) is 0 Å². The van der Waals surface area contributed by atoms with E-state index >= 15 is 0 Å². The van der Waals surface area contributed by atoms with Gasteiger partial charge in [-0.1, -0.05) is 13.0 Å². The Morgan fingerprint density at radius 1 is 1.28 bits per heavy atom. The van der Waals surface area contributed by atoms with Gasteiger partial charge >= 0.3 is 0 Å². The smallest absolute Gasteiger partial charge is 0.154 e. The molecular formula is C13H15F2N3. The van der Waals surface area contributed by atoms with Crippen LogP contribution < -0.4 is 5.32 Å². The van der Waals surface area contributed by atoms with Crippen LogP contribution in [0.3, 0.4) is 0 Å². The molecule has 3 nitrogen and oxygen atoms in total. The minimum absolute atomic E-state index is 0.127. The zero-order valence-electron chi connectivity index (χ0n) is 10.4. The van der Waals surface area contributed by atoms with E-state index in [1.807, 2.05) is 6.92 Å². The van der Waals surface area contributed by atoms with Gasteiger partial charge in [0, 0.05) is 12.7 Å². The van der Waals surface area contributed by atoms with Gasteiger partial charge in [-0.05, 0) is 31.2 Å². The standard InChI is InChI=1S/C13H15F2N3/c1-3-16-8-10-6-7-18(17-10)13-11(14)5-4-9(2)12(13)15/h4-7,16H,3,8H2,1-2H3. The first kappa shape index (κ1) is 12.7. The van der Waals surface area contributed by atoms with Crippen LogP contribution in [0.1, 0.15) is 18.2 Å². The van der Waals surface area contributed by atoms with E-state index in [0.29, 0.717) is 12.1 Å². The van der Waals surface area contributed by atoms with Gasteiger partial charge in [-0.2, -0.15) is 5.10 Å². The molecule has 0 aliphatic rings. The maximum atomic E-state index is 13.9. The van der Waals surface area contributed by atoms with E-state index in [2.05, 4.69) is 10.4 Å². The summed E-state index contributed by atoms with van der Waals surface area (Å²) in [6, 6.07) is 4.40. The summed E-state index contributed by atoms with van der Waals surface area (Å²) < 4.78 is 28.8. The predicted octanol–water partition coefficient (Wildman–Crippen LogP) is 2.57. The average molecular weight is 251 g/mol. The van der Waals surface area contributed by atoms with Crippen LogP contribution in [0.15, 0.2) is 24.4 Å². The number of rotatable bonds is 4. The summed E-state index contributed by atoms with van der Waals surface area (Å²) in [6.07, 6.45) is 1.56.